The fraction of sp³-hybridized carbons (Fsp3) is 0.632. The minimum atomic E-state index is -0.217. The predicted octanol–water partition coefficient (Wildman–Crippen LogP) is 2.01. The standard InChI is InChI=1S/C19H28N4O2.ClH/c1-3-16(4-2)23-13-15(10-18(23)24)19(25)22-9-8-21-12-17(22)14-6-5-7-20-11-14;/h5-7,11,15-17,21H,3-4,8-10,12-13H2,1-2H3;1H. The largest absolute Gasteiger partial charge is 0.339 e. The lowest BCUT2D eigenvalue weighted by Crippen LogP contribution is -2.51. The molecular weight excluding hydrogens is 352 g/mol. The molecule has 3 rings (SSSR count). The smallest absolute Gasteiger partial charge is 0.228 e. The average Bonchev–Trinajstić information content (AvgIpc) is 3.05. The van der Waals surface area contributed by atoms with E-state index in [1.165, 1.54) is 0 Å². The van der Waals surface area contributed by atoms with Crippen LogP contribution in [-0.2, 0) is 9.59 Å². The van der Waals surface area contributed by atoms with Crippen molar-refractivity contribution in [3.63, 3.8) is 0 Å². The van der Waals surface area contributed by atoms with Crippen LogP contribution in [-0.4, -0.2) is 58.8 Å². The van der Waals surface area contributed by atoms with Gasteiger partial charge < -0.3 is 15.1 Å². The molecule has 6 nitrogen and oxygen atoms in total. The van der Waals surface area contributed by atoms with Crippen LogP contribution >= 0.6 is 12.4 Å². The molecule has 2 aliphatic rings. The van der Waals surface area contributed by atoms with Crippen molar-refractivity contribution < 1.29 is 9.59 Å². The van der Waals surface area contributed by atoms with Crippen molar-refractivity contribution in [1.82, 2.24) is 20.1 Å². The lowest BCUT2D eigenvalue weighted by Gasteiger charge is -2.38. The van der Waals surface area contributed by atoms with Gasteiger partial charge in [0.05, 0.1) is 12.0 Å². The van der Waals surface area contributed by atoms with Gasteiger partial charge >= 0.3 is 0 Å². The van der Waals surface area contributed by atoms with Gasteiger partial charge in [0.25, 0.3) is 0 Å². The maximum absolute atomic E-state index is 13.2. The van der Waals surface area contributed by atoms with Crippen molar-refractivity contribution in [3.8, 4) is 0 Å². The topological polar surface area (TPSA) is 65.5 Å². The van der Waals surface area contributed by atoms with E-state index in [0.29, 0.717) is 19.5 Å². The van der Waals surface area contributed by atoms with Crippen LogP contribution in [0.15, 0.2) is 24.5 Å². The van der Waals surface area contributed by atoms with Gasteiger partial charge in [-0.15, -0.1) is 12.4 Å². The number of halogens is 1. The molecule has 0 bridgehead atoms. The van der Waals surface area contributed by atoms with Crippen LogP contribution in [0.25, 0.3) is 0 Å². The summed E-state index contributed by atoms with van der Waals surface area (Å²) < 4.78 is 0. The Morgan fingerprint density at radius 1 is 1.38 bits per heavy atom. The van der Waals surface area contributed by atoms with Crippen LogP contribution in [0.3, 0.4) is 0 Å². The van der Waals surface area contributed by atoms with E-state index in [1.807, 2.05) is 28.1 Å². The highest BCUT2D eigenvalue weighted by Gasteiger charge is 2.40. The van der Waals surface area contributed by atoms with Crippen molar-refractivity contribution in [2.75, 3.05) is 26.2 Å². The van der Waals surface area contributed by atoms with E-state index in [1.54, 1.807) is 6.20 Å². The van der Waals surface area contributed by atoms with E-state index in [2.05, 4.69) is 24.1 Å². The van der Waals surface area contributed by atoms with E-state index < -0.39 is 0 Å². The van der Waals surface area contributed by atoms with E-state index in [-0.39, 0.29) is 42.2 Å². The lowest BCUT2D eigenvalue weighted by atomic mass is 10.0. The van der Waals surface area contributed by atoms with Gasteiger partial charge in [0.15, 0.2) is 0 Å². The molecule has 2 fully saturated rings. The highest BCUT2D eigenvalue weighted by molar-refractivity contribution is 5.89. The molecule has 2 saturated heterocycles. The number of likely N-dealkylation sites (tertiary alicyclic amines) is 1. The number of carbonyl (C=O) groups is 2. The SMILES string of the molecule is CCC(CC)N1CC(C(=O)N2CCNCC2c2cccnc2)CC1=O.Cl. The first kappa shape index (κ1) is 20.6. The van der Waals surface area contributed by atoms with Crippen LogP contribution in [0.1, 0.15) is 44.7 Å². The number of piperazine rings is 1. The van der Waals surface area contributed by atoms with Crippen LogP contribution in [0.2, 0.25) is 0 Å². The molecule has 2 amide bonds. The summed E-state index contributed by atoms with van der Waals surface area (Å²) >= 11 is 0. The third-order valence-corrected chi connectivity index (χ3v) is 5.49. The molecular formula is C19H29ClN4O2. The predicted molar refractivity (Wildman–Crippen MR) is 103 cm³/mol. The number of pyridine rings is 1. The molecule has 1 aromatic heterocycles. The number of rotatable bonds is 5. The Morgan fingerprint density at radius 2 is 2.15 bits per heavy atom. The van der Waals surface area contributed by atoms with Gasteiger partial charge in [-0.05, 0) is 24.5 Å². The molecule has 3 heterocycles. The molecule has 0 spiro atoms. The van der Waals surface area contributed by atoms with E-state index in [4.69, 9.17) is 0 Å². The maximum Gasteiger partial charge on any atom is 0.228 e. The second kappa shape index (κ2) is 9.33. The monoisotopic (exact) mass is 380 g/mol. The fourth-order valence-electron chi connectivity index (χ4n) is 4.05. The van der Waals surface area contributed by atoms with Gasteiger partial charge in [-0.25, -0.2) is 0 Å². The summed E-state index contributed by atoms with van der Waals surface area (Å²) in [6.45, 7) is 6.96. The van der Waals surface area contributed by atoms with Gasteiger partial charge in [0, 0.05) is 51.0 Å². The van der Waals surface area contributed by atoms with Crippen LogP contribution in [0.5, 0.6) is 0 Å². The van der Waals surface area contributed by atoms with Crippen LogP contribution in [0, 0.1) is 5.92 Å². The first-order valence-electron chi connectivity index (χ1n) is 9.36. The number of hydrogen-bond acceptors (Lipinski definition) is 4. The molecule has 2 atom stereocenters. The van der Waals surface area contributed by atoms with Crippen molar-refractivity contribution in [3.05, 3.63) is 30.1 Å². The number of nitrogens with one attached hydrogen (secondary N) is 1. The zero-order chi connectivity index (χ0) is 17.8. The zero-order valence-corrected chi connectivity index (χ0v) is 16.4. The number of amides is 2. The lowest BCUT2D eigenvalue weighted by molar-refractivity contribution is -0.139. The van der Waals surface area contributed by atoms with Gasteiger partial charge in [0.2, 0.25) is 11.8 Å². The third kappa shape index (κ3) is 4.18. The molecule has 0 aromatic carbocycles. The zero-order valence-electron chi connectivity index (χ0n) is 15.6. The van der Waals surface area contributed by atoms with Crippen LogP contribution < -0.4 is 5.32 Å². The Morgan fingerprint density at radius 3 is 2.81 bits per heavy atom. The first-order valence-corrected chi connectivity index (χ1v) is 9.36. The van der Waals surface area contributed by atoms with Gasteiger partial charge in [-0.2, -0.15) is 0 Å². The Hall–Kier alpha value is -1.66. The van der Waals surface area contributed by atoms with Crippen LogP contribution in [0.4, 0.5) is 0 Å². The van der Waals surface area contributed by atoms with Gasteiger partial charge in [0.1, 0.15) is 0 Å². The Kier molecular flexibility index (Phi) is 7.41. The molecule has 0 saturated carbocycles. The van der Waals surface area contributed by atoms with E-state index in [9.17, 15) is 9.59 Å². The molecule has 0 radical (unpaired) electrons. The molecule has 1 N–H and O–H groups in total. The molecule has 7 heteroatoms. The van der Waals surface area contributed by atoms with Gasteiger partial charge in [-0.3, -0.25) is 14.6 Å². The summed E-state index contributed by atoms with van der Waals surface area (Å²) in [5.41, 5.74) is 1.05. The average molecular weight is 381 g/mol. The van der Waals surface area contributed by atoms with E-state index >= 15 is 0 Å². The normalized spacial score (nSPS) is 23.3. The van der Waals surface area contributed by atoms with Crippen molar-refractivity contribution in [1.29, 1.82) is 0 Å². The van der Waals surface area contributed by atoms with Crippen molar-refractivity contribution in [2.24, 2.45) is 5.92 Å². The minimum absolute atomic E-state index is 0. The number of nitrogens with zero attached hydrogens (tertiary/aromatic N) is 3. The Labute approximate surface area is 161 Å². The summed E-state index contributed by atoms with van der Waals surface area (Å²) in [5.74, 6) is 0.0163. The number of hydrogen-bond donors (Lipinski definition) is 1. The Balaban J connectivity index is 0.00000243. The number of carbonyl (C=O) groups excluding carboxylic acids is 2. The molecule has 26 heavy (non-hydrogen) atoms. The summed E-state index contributed by atoms with van der Waals surface area (Å²) in [4.78, 5) is 33.6. The Bertz CT molecular complexity index is 609. The van der Waals surface area contributed by atoms with Gasteiger partial charge in [-0.1, -0.05) is 19.9 Å². The summed E-state index contributed by atoms with van der Waals surface area (Å²) in [6.07, 6.45) is 5.80. The summed E-state index contributed by atoms with van der Waals surface area (Å²) in [5, 5.41) is 3.36. The molecule has 0 aliphatic carbocycles. The molecule has 2 aliphatic heterocycles. The number of aromatic nitrogens is 1. The highest BCUT2D eigenvalue weighted by Crippen LogP contribution is 2.29. The third-order valence-electron chi connectivity index (χ3n) is 5.49. The van der Waals surface area contributed by atoms with Crippen molar-refractivity contribution >= 4 is 24.2 Å². The minimum Gasteiger partial charge on any atom is -0.339 e. The quantitative estimate of drug-likeness (QED) is 0.848. The second-order valence-electron chi connectivity index (χ2n) is 6.96. The second-order valence-corrected chi connectivity index (χ2v) is 6.96. The molecule has 1 aromatic rings. The van der Waals surface area contributed by atoms with E-state index in [0.717, 1.165) is 31.5 Å². The maximum atomic E-state index is 13.2. The van der Waals surface area contributed by atoms with Crippen molar-refractivity contribution in [2.45, 2.75) is 45.2 Å². The summed E-state index contributed by atoms with van der Waals surface area (Å²) in [7, 11) is 0. The first-order chi connectivity index (χ1) is 12.2. The summed E-state index contributed by atoms with van der Waals surface area (Å²) in [6, 6.07) is 4.16. The molecule has 144 valence electrons. The molecule has 2 unspecified atom stereocenters. The highest BCUT2D eigenvalue weighted by atomic mass is 35.5. The fourth-order valence-corrected chi connectivity index (χ4v) is 4.05.